The largest absolute Gasteiger partial charge is 0.472 e. The molecule has 0 aliphatic heterocycles. The van der Waals surface area contributed by atoms with Crippen molar-refractivity contribution in [3.8, 4) is 0 Å². The number of aliphatic hydroxyl groups is 1. The number of esters is 4. The van der Waals surface area contributed by atoms with Crippen molar-refractivity contribution >= 4 is 39.5 Å². The second kappa shape index (κ2) is 58.2. The molecular weight excluding hydrogens is 1140 g/mol. The van der Waals surface area contributed by atoms with E-state index in [0.717, 1.165) is 102 Å². The van der Waals surface area contributed by atoms with E-state index in [1.807, 2.05) is 0 Å². The van der Waals surface area contributed by atoms with Crippen molar-refractivity contribution in [1.29, 1.82) is 0 Å². The van der Waals surface area contributed by atoms with Gasteiger partial charge < -0.3 is 33.8 Å². The van der Waals surface area contributed by atoms with Crippen LogP contribution in [0.2, 0.25) is 0 Å². The number of rotatable bonds is 65. The molecule has 0 aliphatic carbocycles. The molecule has 5 atom stereocenters. The molecular formula is C67H130O17P2. The first-order valence-corrected chi connectivity index (χ1v) is 37.8. The maximum absolute atomic E-state index is 13.0. The number of unbranched alkanes of at least 4 members (excludes halogenated alkanes) is 33. The molecule has 0 aromatic rings. The van der Waals surface area contributed by atoms with Crippen molar-refractivity contribution in [2.45, 2.75) is 349 Å². The first kappa shape index (κ1) is 84.1. The third kappa shape index (κ3) is 60.9. The van der Waals surface area contributed by atoms with Crippen molar-refractivity contribution in [2.24, 2.45) is 17.8 Å². The fourth-order valence-corrected chi connectivity index (χ4v) is 11.6. The van der Waals surface area contributed by atoms with Crippen LogP contribution in [-0.2, 0) is 65.4 Å². The van der Waals surface area contributed by atoms with Crippen molar-refractivity contribution in [2.75, 3.05) is 39.6 Å². The van der Waals surface area contributed by atoms with E-state index in [0.29, 0.717) is 37.5 Å². The van der Waals surface area contributed by atoms with Gasteiger partial charge in [0.25, 0.3) is 0 Å². The number of hydrogen-bond acceptors (Lipinski definition) is 15. The highest BCUT2D eigenvalue weighted by atomic mass is 31.2. The minimum absolute atomic E-state index is 0.101. The second-order valence-corrected chi connectivity index (χ2v) is 28.5. The number of aliphatic hydroxyl groups excluding tert-OH is 1. The molecule has 0 bridgehead atoms. The van der Waals surface area contributed by atoms with Crippen LogP contribution in [-0.4, -0.2) is 96.7 Å². The Kier molecular flexibility index (Phi) is 56.9. The van der Waals surface area contributed by atoms with Crippen LogP contribution in [0.15, 0.2) is 0 Å². The highest BCUT2D eigenvalue weighted by molar-refractivity contribution is 7.47. The number of carbonyl (C=O) groups excluding carboxylic acids is 4. The third-order valence-electron chi connectivity index (χ3n) is 15.4. The second-order valence-electron chi connectivity index (χ2n) is 25.6. The minimum atomic E-state index is -4.95. The molecule has 0 aliphatic rings. The van der Waals surface area contributed by atoms with Gasteiger partial charge in [-0.15, -0.1) is 0 Å². The Labute approximate surface area is 524 Å². The lowest BCUT2D eigenvalue weighted by atomic mass is 10.0. The summed E-state index contributed by atoms with van der Waals surface area (Å²) in [4.78, 5) is 72.3. The fraction of sp³-hybridized carbons (Fsp3) is 0.940. The van der Waals surface area contributed by atoms with Gasteiger partial charge in [0.1, 0.15) is 19.3 Å². The molecule has 0 aromatic heterocycles. The normalized spacial score (nSPS) is 14.3. The zero-order valence-electron chi connectivity index (χ0n) is 55.8. The molecule has 0 rings (SSSR count). The Morgan fingerprint density at radius 3 is 0.791 bits per heavy atom. The first-order valence-electron chi connectivity index (χ1n) is 34.8. The lowest BCUT2D eigenvalue weighted by Crippen LogP contribution is -2.30. The lowest BCUT2D eigenvalue weighted by molar-refractivity contribution is -0.161. The summed E-state index contributed by atoms with van der Waals surface area (Å²) in [5, 5.41) is 10.6. The van der Waals surface area contributed by atoms with Crippen LogP contribution >= 0.6 is 15.6 Å². The summed E-state index contributed by atoms with van der Waals surface area (Å²) in [6, 6.07) is 0. The molecule has 0 heterocycles. The molecule has 0 amide bonds. The smallest absolute Gasteiger partial charge is 0.462 e. The molecule has 0 saturated carbocycles. The fourth-order valence-electron chi connectivity index (χ4n) is 10.0. The van der Waals surface area contributed by atoms with Gasteiger partial charge in [-0.25, -0.2) is 9.13 Å². The Hall–Kier alpha value is -1.94. The Morgan fingerprint density at radius 2 is 0.535 bits per heavy atom. The summed E-state index contributed by atoms with van der Waals surface area (Å²) in [6.45, 7) is 11.6. The monoisotopic (exact) mass is 1270 g/mol. The molecule has 86 heavy (non-hydrogen) atoms. The Bertz CT molecular complexity index is 1700. The SMILES string of the molecule is CCCCCCCCCCCCCCCCCC(=O)O[C@H](COC(=O)CCCCCCCCCCCCC(C)C)COP(=O)(O)OC[C@@H](O)COP(=O)(O)OC[C@@H](COC(=O)CCCCCCCCC(C)C)OC(=O)CCCCCCCCC(C)C. The highest BCUT2D eigenvalue weighted by Crippen LogP contribution is 2.45. The van der Waals surface area contributed by atoms with Crippen LogP contribution in [0.5, 0.6) is 0 Å². The molecule has 0 saturated heterocycles. The van der Waals surface area contributed by atoms with Gasteiger partial charge in [0.05, 0.1) is 26.4 Å². The predicted octanol–water partition coefficient (Wildman–Crippen LogP) is 18.7. The zero-order chi connectivity index (χ0) is 63.8. The van der Waals surface area contributed by atoms with Gasteiger partial charge in [-0.1, -0.05) is 280 Å². The van der Waals surface area contributed by atoms with E-state index in [2.05, 4.69) is 48.5 Å². The summed E-state index contributed by atoms with van der Waals surface area (Å²) < 4.78 is 68.1. The van der Waals surface area contributed by atoms with Gasteiger partial charge in [0, 0.05) is 25.7 Å². The first-order chi connectivity index (χ1) is 41.2. The van der Waals surface area contributed by atoms with Crippen molar-refractivity contribution in [3.63, 3.8) is 0 Å². The Balaban J connectivity index is 5.23. The maximum atomic E-state index is 13.0. The third-order valence-corrected chi connectivity index (χ3v) is 17.3. The molecule has 0 aromatic carbocycles. The van der Waals surface area contributed by atoms with Crippen LogP contribution < -0.4 is 0 Å². The van der Waals surface area contributed by atoms with Gasteiger partial charge in [-0.2, -0.15) is 0 Å². The summed E-state index contributed by atoms with van der Waals surface area (Å²) in [5.74, 6) is -0.0286. The number of phosphoric acid groups is 2. The van der Waals surface area contributed by atoms with Crippen molar-refractivity contribution in [1.82, 2.24) is 0 Å². The van der Waals surface area contributed by atoms with Gasteiger partial charge in [-0.05, 0) is 43.4 Å². The van der Waals surface area contributed by atoms with Crippen molar-refractivity contribution < 1.29 is 80.2 Å². The topological polar surface area (TPSA) is 237 Å². The van der Waals surface area contributed by atoms with E-state index in [1.165, 1.54) is 135 Å². The molecule has 0 spiro atoms. The average molecular weight is 1270 g/mol. The molecule has 0 radical (unpaired) electrons. The highest BCUT2D eigenvalue weighted by Gasteiger charge is 2.30. The average Bonchev–Trinajstić information content (AvgIpc) is 3.58. The quantitative estimate of drug-likeness (QED) is 0.0222. The number of ether oxygens (including phenoxy) is 4. The van der Waals surface area contributed by atoms with Crippen LogP contribution in [0, 0.1) is 17.8 Å². The molecule has 0 fully saturated rings. The molecule has 19 heteroatoms. The van der Waals surface area contributed by atoms with Crippen LogP contribution in [0.1, 0.15) is 331 Å². The molecule has 17 nitrogen and oxygen atoms in total. The van der Waals surface area contributed by atoms with E-state index in [4.69, 9.17) is 37.0 Å². The summed E-state index contributed by atoms with van der Waals surface area (Å²) >= 11 is 0. The summed E-state index contributed by atoms with van der Waals surface area (Å²) in [6.07, 6.45) is 40.6. The van der Waals surface area contributed by atoms with E-state index in [-0.39, 0.29) is 25.7 Å². The number of hydrogen-bond donors (Lipinski definition) is 3. The Morgan fingerprint density at radius 1 is 0.314 bits per heavy atom. The van der Waals surface area contributed by atoms with E-state index >= 15 is 0 Å². The molecule has 2 unspecified atom stereocenters. The van der Waals surface area contributed by atoms with Crippen LogP contribution in [0.3, 0.4) is 0 Å². The molecule has 510 valence electrons. The lowest BCUT2D eigenvalue weighted by Gasteiger charge is -2.21. The molecule has 3 N–H and O–H groups in total. The van der Waals surface area contributed by atoms with Crippen molar-refractivity contribution in [3.05, 3.63) is 0 Å². The number of phosphoric ester groups is 2. The van der Waals surface area contributed by atoms with E-state index < -0.39 is 97.5 Å². The van der Waals surface area contributed by atoms with E-state index in [1.54, 1.807) is 0 Å². The van der Waals surface area contributed by atoms with Gasteiger partial charge >= 0.3 is 39.5 Å². The van der Waals surface area contributed by atoms with Gasteiger partial charge in [-0.3, -0.25) is 37.3 Å². The standard InChI is InChI=1S/C67H130O17P2/c1-8-9-10-11-12-13-14-15-16-17-18-23-26-36-43-50-66(71)83-62(54-77-64(69)48-41-34-25-22-20-19-21-24-31-38-45-58(2)3)56-81-85(73,74)79-52-61(68)53-80-86(75,76)82-57-63(84-67(72)51-44-37-30-28-33-40-47-60(6)7)55-78-65(70)49-42-35-29-27-32-39-46-59(4)5/h58-63,68H,8-57H2,1-7H3,(H,73,74)(H,75,76)/t61-,62-,63-/m1/s1. The van der Waals surface area contributed by atoms with Gasteiger partial charge in [0.15, 0.2) is 12.2 Å². The predicted molar refractivity (Wildman–Crippen MR) is 344 cm³/mol. The van der Waals surface area contributed by atoms with Gasteiger partial charge in [0.2, 0.25) is 0 Å². The minimum Gasteiger partial charge on any atom is -0.462 e. The van der Waals surface area contributed by atoms with Crippen LogP contribution in [0.4, 0.5) is 0 Å². The maximum Gasteiger partial charge on any atom is 0.472 e. The summed E-state index contributed by atoms with van der Waals surface area (Å²) in [7, 11) is -9.89. The van der Waals surface area contributed by atoms with E-state index in [9.17, 15) is 43.2 Å². The summed E-state index contributed by atoms with van der Waals surface area (Å²) in [5.41, 5.74) is 0. The number of carbonyl (C=O) groups is 4. The zero-order valence-corrected chi connectivity index (χ0v) is 57.6. The van der Waals surface area contributed by atoms with Crippen LogP contribution in [0.25, 0.3) is 0 Å².